The minimum absolute atomic E-state index is 0.0568. The molecule has 29 heavy (non-hydrogen) atoms. The molecule has 148 valence electrons. The van der Waals surface area contributed by atoms with Crippen molar-refractivity contribution in [3.63, 3.8) is 0 Å². The largest absolute Gasteiger partial charge is 0.419 e. The van der Waals surface area contributed by atoms with Gasteiger partial charge in [-0.3, -0.25) is 9.36 Å². The molecule has 0 spiro atoms. The number of nitrogens with one attached hydrogen (secondary N) is 1. The van der Waals surface area contributed by atoms with E-state index in [1.807, 2.05) is 49.4 Å². The molecule has 2 aromatic carbocycles. The molecule has 1 N–H and O–H groups in total. The van der Waals surface area contributed by atoms with Crippen molar-refractivity contribution in [2.24, 2.45) is 0 Å². The number of hydrogen-bond acceptors (Lipinski definition) is 5. The fourth-order valence-electron chi connectivity index (χ4n) is 3.28. The summed E-state index contributed by atoms with van der Waals surface area (Å²) in [4.78, 5) is 28.2. The van der Waals surface area contributed by atoms with Gasteiger partial charge in [-0.1, -0.05) is 24.3 Å². The van der Waals surface area contributed by atoms with Gasteiger partial charge in [0.1, 0.15) is 12.7 Å². The molecule has 2 heterocycles. The minimum atomic E-state index is -0.396. The SMILES string of the molecule is CC(NC(=O)CCCn1c(=O)oc2ccccc21)c1ccc(-n2cncn2)cc1. The van der Waals surface area contributed by atoms with E-state index in [1.165, 1.54) is 6.33 Å². The van der Waals surface area contributed by atoms with Gasteiger partial charge in [-0.15, -0.1) is 0 Å². The molecule has 2 aromatic heterocycles. The Bertz CT molecular complexity index is 1160. The lowest BCUT2D eigenvalue weighted by atomic mass is 10.1. The molecule has 4 rings (SSSR count). The molecule has 0 aliphatic heterocycles. The lowest BCUT2D eigenvalue weighted by Gasteiger charge is -2.15. The molecular formula is C21H21N5O3. The van der Waals surface area contributed by atoms with Crippen molar-refractivity contribution in [3.05, 3.63) is 77.3 Å². The molecule has 0 saturated carbocycles. The molecule has 0 radical (unpaired) electrons. The Kier molecular flexibility index (Phi) is 5.24. The van der Waals surface area contributed by atoms with Crippen LogP contribution >= 0.6 is 0 Å². The number of carbonyl (C=O) groups is 1. The van der Waals surface area contributed by atoms with E-state index in [4.69, 9.17) is 4.42 Å². The Morgan fingerprint density at radius 3 is 2.72 bits per heavy atom. The van der Waals surface area contributed by atoms with Crippen LogP contribution in [-0.4, -0.2) is 25.2 Å². The van der Waals surface area contributed by atoms with Crippen molar-refractivity contribution in [1.82, 2.24) is 24.6 Å². The number of aromatic nitrogens is 4. The summed E-state index contributed by atoms with van der Waals surface area (Å²) in [5, 5.41) is 7.09. The lowest BCUT2D eigenvalue weighted by molar-refractivity contribution is -0.121. The van der Waals surface area contributed by atoms with Crippen LogP contribution in [0.25, 0.3) is 16.8 Å². The van der Waals surface area contributed by atoms with Crippen molar-refractivity contribution < 1.29 is 9.21 Å². The first-order chi connectivity index (χ1) is 14.1. The molecule has 0 fully saturated rings. The highest BCUT2D eigenvalue weighted by molar-refractivity contribution is 5.76. The molecule has 8 nitrogen and oxygen atoms in total. The Labute approximate surface area is 166 Å². The van der Waals surface area contributed by atoms with Crippen molar-refractivity contribution in [1.29, 1.82) is 0 Å². The topological polar surface area (TPSA) is 95.0 Å². The highest BCUT2D eigenvalue weighted by Crippen LogP contribution is 2.16. The summed E-state index contributed by atoms with van der Waals surface area (Å²) in [7, 11) is 0. The third-order valence-corrected chi connectivity index (χ3v) is 4.81. The average molecular weight is 391 g/mol. The first-order valence-corrected chi connectivity index (χ1v) is 9.44. The number of amides is 1. The standard InChI is InChI=1S/C21H21N5O3/c1-15(16-8-10-17(11-9-16)26-14-22-13-23-26)24-20(27)7-4-12-25-18-5-2-3-6-19(18)29-21(25)28/h2-3,5-6,8-11,13-15H,4,7,12H2,1H3,(H,24,27). The van der Waals surface area contributed by atoms with Crippen molar-refractivity contribution in [2.45, 2.75) is 32.4 Å². The smallest absolute Gasteiger partial charge is 0.408 e. The fraction of sp³-hybridized carbons (Fsp3) is 0.238. The van der Waals surface area contributed by atoms with Crippen LogP contribution in [0.15, 0.2) is 70.4 Å². The molecular weight excluding hydrogens is 370 g/mol. The normalized spacial score (nSPS) is 12.2. The van der Waals surface area contributed by atoms with E-state index in [2.05, 4.69) is 15.4 Å². The maximum Gasteiger partial charge on any atom is 0.419 e. The summed E-state index contributed by atoms with van der Waals surface area (Å²) in [6, 6.07) is 14.9. The molecule has 0 bridgehead atoms. The van der Waals surface area contributed by atoms with E-state index in [9.17, 15) is 9.59 Å². The number of aryl methyl sites for hydroxylation is 1. The van der Waals surface area contributed by atoms with Crippen LogP contribution < -0.4 is 11.1 Å². The second-order valence-corrected chi connectivity index (χ2v) is 6.81. The third-order valence-electron chi connectivity index (χ3n) is 4.81. The van der Waals surface area contributed by atoms with Crippen LogP contribution in [-0.2, 0) is 11.3 Å². The predicted octanol–water partition coefficient (Wildman–Crippen LogP) is 2.83. The molecule has 1 amide bonds. The number of rotatable bonds is 7. The Balaban J connectivity index is 1.31. The van der Waals surface area contributed by atoms with Crippen LogP contribution in [0, 0.1) is 0 Å². The molecule has 0 aliphatic rings. The summed E-state index contributed by atoms with van der Waals surface area (Å²) in [6.07, 6.45) is 3.99. The fourth-order valence-corrected chi connectivity index (χ4v) is 3.28. The zero-order valence-corrected chi connectivity index (χ0v) is 16.0. The van der Waals surface area contributed by atoms with Crippen LogP contribution in [0.2, 0.25) is 0 Å². The van der Waals surface area contributed by atoms with Crippen LogP contribution in [0.4, 0.5) is 0 Å². The molecule has 0 aliphatic carbocycles. The summed E-state index contributed by atoms with van der Waals surface area (Å²) >= 11 is 0. The molecule has 4 aromatic rings. The van der Waals surface area contributed by atoms with Gasteiger partial charge in [0, 0.05) is 13.0 Å². The second-order valence-electron chi connectivity index (χ2n) is 6.81. The number of benzene rings is 2. The van der Waals surface area contributed by atoms with Gasteiger partial charge in [0.25, 0.3) is 0 Å². The second kappa shape index (κ2) is 8.14. The summed E-state index contributed by atoms with van der Waals surface area (Å²) in [5.41, 5.74) is 3.21. The van der Waals surface area contributed by atoms with E-state index < -0.39 is 5.76 Å². The van der Waals surface area contributed by atoms with Gasteiger partial charge in [0.15, 0.2) is 5.58 Å². The molecule has 1 atom stereocenters. The van der Waals surface area contributed by atoms with Crippen LogP contribution in [0.1, 0.15) is 31.4 Å². The van der Waals surface area contributed by atoms with Crippen molar-refractivity contribution >= 4 is 17.0 Å². The zero-order chi connectivity index (χ0) is 20.2. The summed E-state index contributed by atoms with van der Waals surface area (Å²) in [6.45, 7) is 2.38. The molecule has 0 saturated heterocycles. The quantitative estimate of drug-likeness (QED) is 0.523. The number of nitrogens with zero attached hydrogens (tertiary/aromatic N) is 4. The maximum absolute atomic E-state index is 12.3. The van der Waals surface area contributed by atoms with Gasteiger partial charge in [0.05, 0.1) is 17.2 Å². The van der Waals surface area contributed by atoms with E-state index in [0.29, 0.717) is 25.0 Å². The molecule has 8 heteroatoms. The first-order valence-electron chi connectivity index (χ1n) is 9.44. The third kappa shape index (κ3) is 4.11. The average Bonchev–Trinajstić information content (AvgIpc) is 3.36. The number of fused-ring (bicyclic) bond motifs is 1. The summed E-state index contributed by atoms with van der Waals surface area (Å²) in [5.74, 6) is -0.453. The minimum Gasteiger partial charge on any atom is -0.408 e. The van der Waals surface area contributed by atoms with Gasteiger partial charge in [-0.05, 0) is 43.2 Å². The monoisotopic (exact) mass is 391 g/mol. The zero-order valence-electron chi connectivity index (χ0n) is 16.0. The van der Waals surface area contributed by atoms with E-state index in [-0.39, 0.29) is 11.9 Å². The number of oxazole rings is 1. The van der Waals surface area contributed by atoms with E-state index in [0.717, 1.165) is 16.8 Å². The highest BCUT2D eigenvalue weighted by Gasteiger charge is 2.12. The lowest BCUT2D eigenvalue weighted by Crippen LogP contribution is -2.27. The van der Waals surface area contributed by atoms with Gasteiger partial charge in [-0.25, -0.2) is 14.5 Å². The maximum atomic E-state index is 12.3. The van der Waals surface area contributed by atoms with Gasteiger partial charge in [-0.2, -0.15) is 5.10 Å². The van der Waals surface area contributed by atoms with Gasteiger partial charge < -0.3 is 9.73 Å². The summed E-state index contributed by atoms with van der Waals surface area (Å²) < 4.78 is 8.45. The van der Waals surface area contributed by atoms with Crippen molar-refractivity contribution in [2.75, 3.05) is 0 Å². The van der Waals surface area contributed by atoms with Gasteiger partial charge >= 0.3 is 5.76 Å². The van der Waals surface area contributed by atoms with Crippen LogP contribution in [0.5, 0.6) is 0 Å². The first kappa shape index (κ1) is 18.7. The van der Waals surface area contributed by atoms with Gasteiger partial charge in [0.2, 0.25) is 5.91 Å². The number of para-hydroxylation sites is 2. The highest BCUT2D eigenvalue weighted by atomic mass is 16.4. The van der Waals surface area contributed by atoms with Crippen molar-refractivity contribution in [3.8, 4) is 5.69 Å². The van der Waals surface area contributed by atoms with E-state index >= 15 is 0 Å². The Hall–Kier alpha value is -3.68. The predicted molar refractivity (Wildman–Crippen MR) is 108 cm³/mol. The number of carbonyl (C=O) groups excluding carboxylic acids is 1. The Morgan fingerprint density at radius 2 is 1.97 bits per heavy atom. The number of hydrogen-bond donors (Lipinski definition) is 1. The van der Waals surface area contributed by atoms with E-state index in [1.54, 1.807) is 21.6 Å². The molecule has 1 unspecified atom stereocenters. The Morgan fingerprint density at radius 1 is 1.17 bits per heavy atom. The van der Waals surface area contributed by atoms with Crippen LogP contribution in [0.3, 0.4) is 0 Å².